The molecule has 1 aromatic heterocycles. The van der Waals surface area contributed by atoms with Crippen LogP contribution in [0.3, 0.4) is 0 Å². The van der Waals surface area contributed by atoms with Crippen LogP contribution in [0.1, 0.15) is 31.2 Å². The molecule has 0 fully saturated rings. The Morgan fingerprint density at radius 2 is 1.70 bits per heavy atom. The van der Waals surface area contributed by atoms with E-state index in [0.717, 1.165) is 5.56 Å². The summed E-state index contributed by atoms with van der Waals surface area (Å²) in [6.45, 7) is 0. The first-order valence-corrected chi connectivity index (χ1v) is 10.7. The fraction of sp³-hybridized carbons (Fsp3) is 0.471. The largest absolute Gasteiger partial charge is 0.481 e. The van der Waals surface area contributed by atoms with Crippen LogP contribution in [0.5, 0.6) is 0 Å². The first-order valence-electron chi connectivity index (χ1n) is 8.78. The highest BCUT2D eigenvalue weighted by Crippen LogP contribution is 2.20. The van der Waals surface area contributed by atoms with Crippen molar-refractivity contribution in [2.45, 2.75) is 48.5 Å². The summed E-state index contributed by atoms with van der Waals surface area (Å²) in [5.41, 5.74) is 0.878. The molecule has 1 rings (SSSR count). The Labute approximate surface area is 180 Å². The molecule has 1 heterocycles. The Morgan fingerprint density at radius 1 is 1.07 bits per heavy atom. The SMILES string of the molecule is O=C(O)CCC(NC(=O)NC(CCCSCc1ccnc(SF)c1)C(=O)O)C(=O)O. The molecule has 2 amide bonds. The highest BCUT2D eigenvalue weighted by Gasteiger charge is 2.24. The van der Waals surface area contributed by atoms with Crippen molar-refractivity contribution in [1.82, 2.24) is 15.6 Å². The van der Waals surface area contributed by atoms with Crippen LogP contribution in [0.2, 0.25) is 0 Å². The van der Waals surface area contributed by atoms with Gasteiger partial charge in [0.25, 0.3) is 0 Å². The van der Waals surface area contributed by atoms with Gasteiger partial charge in [-0.25, -0.2) is 19.4 Å². The van der Waals surface area contributed by atoms with Crippen molar-refractivity contribution in [3.05, 3.63) is 23.9 Å². The summed E-state index contributed by atoms with van der Waals surface area (Å²) in [5.74, 6) is -2.72. The summed E-state index contributed by atoms with van der Waals surface area (Å²) in [5, 5.41) is 31.4. The summed E-state index contributed by atoms with van der Waals surface area (Å²) < 4.78 is 12.5. The molecule has 0 bridgehead atoms. The summed E-state index contributed by atoms with van der Waals surface area (Å²) >= 11 is 1.56. The minimum atomic E-state index is -1.45. The number of rotatable bonds is 14. The van der Waals surface area contributed by atoms with E-state index in [1.807, 2.05) is 0 Å². The number of aromatic nitrogens is 1. The molecule has 0 aliphatic heterocycles. The lowest BCUT2D eigenvalue weighted by Crippen LogP contribution is -2.51. The second kappa shape index (κ2) is 13.6. The molecule has 0 spiro atoms. The van der Waals surface area contributed by atoms with Crippen LogP contribution in [-0.2, 0) is 20.1 Å². The lowest BCUT2D eigenvalue weighted by molar-refractivity contribution is -0.140. The molecular weight excluding hydrogens is 441 g/mol. The summed E-state index contributed by atoms with van der Waals surface area (Å²) in [7, 11) is 0. The van der Waals surface area contributed by atoms with E-state index >= 15 is 0 Å². The van der Waals surface area contributed by atoms with E-state index in [-0.39, 0.29) is 30.0 Å². The van der Waals surface area contributed by atoms with Crippen molar-refractivity contribution in [3.63, 3.8) is 0 Å². The van der Waals surface area contributed by atoms with Crippen molar-refractivity contribution >= 4 is 47.8 Å². The molecule has 2 unspecified atom stereocenters. The average Bonchev–Trinajstić information content (AvgIpc) is 2.69. The number of hydrogen-bond acceptors (Lipinski definition) is 7. The number of urea groups is 1. The third-order valence-corrected chi connectivity index (χ3v) is 5.28. The second-order valence-corrected chi connectivity index (χ2v) is 7.78. The number of halogens is 1. The normalized spacial score (nSPS) is 12.6. The zero-order chi connectivity index (χ0) is 22.5. The highest BCUT2D eigenvalue weighted by atomic mass is 32.2. The first kappa shape index (κ1) is 25.5. The van der Waals surface area contributed by atoms with Gasteiger partial charge in [-0.2, -0.15) is 15.6 Å². The van der Waals surface area contributed by atoms with Gasteiger partial charge >= 0.3 is 23.9 Å². The van der Waals surface area contributed by atoms with Crippen LogP contribution in [0.4, 0.5) is 8.68 Å². The number of carbonyl (C=O) groups excluding carboxylic acids is 1. The average molecular weight is 464 g/mol. The monoisotopic (exact) mass is 463 g/mol. The van der Waals surface area contributed by atoms with Crippen LogP contribution in [0, 0.1) is 0 Å². The number of nitrogens with one attached hydrogen (secondary N) is 2. The quantitative estimate of drug-likeness (QED) is 0.258. The standard InChI is InChI=1S/C17H22FN3O7S2/c18-30-13-8-10(5-6-19-13)9-29-7-1-2-11(15(24)25)20-17(28)21-12(16(26)27)3-4-14(22)23/h5-6,8,11-12H,1-4,7,9H2,(H,22,23)(H,24,25)(H,26,27)(H2,20,21,28). The number of thioether (sulfide) groups is 1. The van der Waals surface area contributed by atoms with E-state index in [2.05, 4.69) is 15.6 Å². The molecule has 30 heavy (non-hydrogen) atoms. The van der Waals surface area contributed by atoms with Gasteiger partial charge in [-0.3, -0.25) is 4.79 Å². The molecule has 13 heteroatoms. The first-order chi connectivity index (χ1) is 14.2. The number of aliphatic carboxylic acids is 3. The van der Waals surface area contributed by atoms with Gasteiger partial charge in [-0.15, -0.1) is 0 Å². The smallest absolute Gasteiger partial charge is 0.326 e. The van der Waals surface area contributed by atoms with Gasteiger partial charge in [0, 0.05) is 18.4 Å². The van der Waals surface area contributed by atoms with Gasteiger partial charge in [-0.05, 0) is 42.7 Å². The van der Waals surface area contributed by atoms with E-state index < -0.39 is 42.4 Å². The van der Waals surface area contributed by atoms with E-state index in [4.69, 9.17) is 10.2 Å². The van der Waals surface area contributed by atoms with Crippen LogP contribution >= 0.6 is 23.9 Å². The predicted octanol–water partition coefficient (Wildman–Crippen LogP) is 2.14. The Morgan fingerprint density at radius 3 is 2.27 bits per heavy atom. The maximum absolute atomic E-state index is 12.5. The lowest BCUT2D eigenvalue weighted by Gasteiger charge is -2.18. The van der Waals surface area contributed by atoms with Gasteiger partial charge in [0.2, 0.25) is 0 Å². The van der Waals surface area contributed by atoms with Crippen LogP contribution in [0.15, 0.2) is 23.4 Å². The fourth-order valence-corrected chi connectivity index (χ4v) is 3.53. The van der Waals surface area contributed by atoms with Gasteiger partial charge in [-0.1, -0.05) is 0 Å². The van der Waals surface area contributed by atoms with Crippen molar-refractivity contribution in [2.75, 3.05) is 5.75 Å². The van der Waals surface area contributed by atoms with E-state index in [0.29, 0.717) is 17.9 Å². The maximum Gasteiger partial charge on any atom is 0.326 e. The van der Waals surface area contributed by atoms with Gasteiger partial charge in [0.1, 0.15) is 29.3 Å². The number of carbonyl (C=O) groups is 4. The number of nitrogens with zero attached hydrogens (tertiary/aromatic N) is 1. The molecular formula is C17H22FN3O7S2. The van der Waals surface area contributed by atoms with Crippen molar-refractivity contribution in [3.8, 4) is 0 Å². The molecule has 5 N–H and O–H groups in total. The number of amides is 2. The molecule has 0 saturated carbocycles. The fourth-order valence-electron chi connectivity index (χ4n) is 2.30. The molecule has 0 aliphatic carbocycles. The van der Waals surface area contributed by atoms with Crippen LogP contribution in [0.25, 0.3) is 0 Å². The van der Waals surface area contributed by atoms with E-state index in [1.165, 1.54) is 18.0 Å². The van der Waals surface area contributed by atoms with Gasteiger partial charge in [0.05, 0.1) is 0 Å². The summed E-state index contributed by atoms with van der Waals surface area (Å²) in [6, 6.07) is -0.302. The molecule has 0 saturated heterocycles. The molecule has 0 radical (unpaired) electrons. The Hall–Kier alpha value is -2.54. The van der Waals surface area contributed by atoms with Crippen molar-refractivity contribution < 1.29 is 38.4 Å². The summed E-state index contributed by atoms with van der Waals surface area (Å²) in [6.07, 6.45) is 1.29. The third-order valence-electron chi connectivity index (χ3n) is 3.78. The Balaban J connectivity index is 2.42. The summed E-state index contributed by atoms with van der Waals surface area (Å²) in [4.78, 5) is 48.7. The topological polar surface area (TPSA) is 166 Å². The maximum atomic E-state index is 12.5. The minimum absolute atomic E-state index is 0.0521. The Bertz CT molecular complexity index is 754. The molecule has 0 aliphatic rings. The zero-order valence-electron chi connectivity index (χ0n) is 15.7. The van der Waals surface area contributed by atoms with Crippen molar-refractivity contribution in [1.29, 1.82) is 0 Å². The third kappa shape index (κ3) is 10.3. The zero-order valence-corrected chi connectivity index (χ0v) is 17.4. The predicted molar refractivity (Wildman–Crippen MR) is 108 cm³/mol. The van der Waals surface area contributed by atoms with Crippen LogP contribution in [-0.4, -0.2) is 62.1 Å². The van der Waals surface area contributed by atoms with Crippen LogP contribution < -0.4 is 10.6 Å². The Kier molecular flexibility index (Phi) is 11.6. The van der Waals surface area contributed by atoms with E-state index in [9.17, 15) is 28.2 Å². The van der Waals surface area contributed by atoms with Gasteiger partial charge < -0.3 is 26.0 Å². The second-order valence-electron chi connectivity index (χ2n) is 6.11. The van der Waals surface area contributed by atoms with Crippen molar-refractivity contribution in [2.24, 2.45) is 0 Å². The number of carboxylic acids is 3. The molecule has 0 aromatic carbocycles. The number of carboxylic acid groups (broad SMARTS) is 3. The molecule has 10 nitrogen and oxygen atoms in total. The minimum Gasteiger partial charge on any atom is -0.481 e. The number of pyridine rings is 1. The van der Waals surface area contributed by atoms with Gasteiger partial charge in [0.15, 0.2) is 0 Å². The number of hydrogen-bond donors (Lipinski definition) is 5. The van der Waals surface area contributed by atoms with E-state index in [1.54, 1.807) is 12.1 Å². The highest BCUT2D eigenvalue weighted by molar-refractivity contribution is 7.98. The lowest BCUT2D eigenvalue weighted by atomic mass is 10.1. The molecule has 1 aromatic rings. The molecule has 2 atom stereocenters. The molecule has 166 valence electrons.